The highest BCUT2D eigenvalue weighted by Crippen LogP contribution is 2.12. The fourth-order valence-corrected chi connectivity index (χ4v) is 3.41. The van der Waals surface area contributed by atoms with Gasteiger partial charge < -0.3 is 15.2 Å². The van der Waals surface area contributed by atoms with E-state index in [9.17, 15) is 9.90 Å². The van der Waals surface area contributed by atoms with Gasteiger partial charge in [-0.3, -0.25) is 4.79 Å². The molecule has 0 atom stereocenters. The normalized spacial score (nSPS) is 10.9. The van der Waals surface area contributed by atoms with Crippen molar-refractivity contribution in [2.45, 2.75) is 96.8 Å². The highest BCUT2D eigenvalue weighted by molar-refractivity contribution is 5.78. The standard InChI is InChI=1S/C25H43NO3/c1-2-3-4-5-6-7-8-9-10-11-12-13-20-29-21-14-19-26-25(28)22-23-15-17-24(27)18-16-23/h15-18,27H,2-14,19-22H2,1H3,(H,26,28). The summed E-state index contributed by atoms with van der Waals surface area (Å²) in [6.45, 7) is 4.46. The van der Waals surface area contributed by atoms with Crippen molar-refractivity contribution in [2.75, 3.05) is 19.8 Å². The van der Waals surface area contributed by atoms with Gasteiger partial charge in [0.05, 0.1) is 6.42 Å². The number of phenolic OH excluding ortho intramolecular Hbond substituents is 1. The average Bonchev–Trinajstić information content (AvgIpc) is 2.72. The van der Waals surface area contributed by atoms with Crippen molar-refractivity contribution in [3.8, 4) is 5.75 Å². The minimum Gasteiger partial charge on any atom is -0.508 e. The van der Waals surface area contributed by atoms with Crippen LogP contribution in [0, 0.1) is 0 Å². The average molecular weight is 406 g/mol. The highest BCUT2D eigenvalue weighted by atomic mass is 16.5. The zero-order chi connectivity index (χ0) is 21.0. The largest absolute Gasteiger partial charge is 0.508 e. The van der Waals surface area contributed by atoms with Crippen molar-refractivity contribution < 1.29 is 14.6 Å². The van der Waals surface area contributed by atoms with Crippen LogP contribution in [0.2, 0.25) is 0 Å². The van der Waals surface area contributed by atoms with Crippen LogP contribution in [-0.2, 0) is 16.0 Å². The fourth-order valence-electron chi connectivity index (χ4n) is 3.41. The molecule has 0 aromatic heterocycles. The van der Waals surface area contributed by atoms with Crippen LogP contribution in [0.4, 0.5) is 0 Å². The molecule has 2 N–H and O–H groups in total. The van der Waals surface area contributed by atoms with Crippen LogP contribution in [0.25, 0.3) is 0 Å². The summed E-state index contributed by atoms with van der Waals surface area (Å²) in [7, 11) is 0. The zero-order valence-electron chi connectivity index (χ0n) is 18.6. The van der Waals surface area contributed by atoms with Gasteiger partial charge >= 0.3 is 0 Å². The van der Waals surface area contributed by atoms with Gasteiger partial charge in [-0.05, 0) is 30.5 Å². The van der Waals surface area contributed by atoms with Gasteiger partial charge in [-0.2, -0.15) is 0 Å². The van der Waals surface area contributed by atoms with E-state index in [0.29, 0.717) is 19.6 Å². The lowest BCUT2D eigenvalue weighted by Crippen LogP contribution is -2.26. The minimum absolute atomic E-state index is 0.0108. The van der Waals surface area contributed by atoms with Crippen molar-refractivity contribution in [3.05, 3.63) is 29.8 Å². The molecule has 0 saturated carbocycles. The Kier molecular flexibility index (Phi) is 16.2. The summed E-state index contributed by atoms with van der Waals surface area (Å²) in [5, 5.41) is 12.2. The smallest absolute Gasteiger partial charge is 0.224 e. The Morgan fingerprint density at radius 1 is 0.793 bits per heavy atom. The SMILES string of the molecule is CCCCCCCCCCCCCCOCCCNC(=O)Cc1ccc(O)cc1. The first-order chi connectivity index (χ1) is 14.2. The van der Waals surface area contributed by atoms with Crippen LogP contribution in [0.15, 0.2) is 24.3 Å². The first kappa shape index (κ1) is 25.5. The molecule has 4 nitrogen and oxygen atoms in total. The summed E-state index contributed by atoms with van der Waals surface area (Å²) in [5.41, 5.74) is 0.906. The number of benzene rings is 1. The third kappa shape index (κ3) is 16.0. The fraction of sp³-hybridized carbons (Fsp3) is 0.720. The second-order valence-electron chi connectivity index (χ2n) is 8.05. The highest BCUT2D eigenvalue weighted by Gasteiger charge is 2.02. The summed E-state index contributed by atoms with van der Waals surface area (Å²) < 4.78 is 5.66. The Bertz CT molecular complexity index is 501. The van der Waals surface area contributed by atoms with E-state index in [1.54, 1.807) is 24.3 Å². The Balaban J connectivity index is 1.77. The lowest BCUT2D eigenvalue weighted by atomic mass is 10.1. The molecule has 1 aromatic carbocycles. The lowest BCUT2D eigenvalue weighted by Gasteiger charge is -2.07. The summed E-state index contributed by atoms with van der Waals surface area (Å²) in [6, 6.07) is 6.75. The van der Waals surface area contributed by atoms with Gasteiger partial charge in [-0.15, -0.1) is 0 Å². The first-order valence-corrected chi connectivity index (χ1v) is 11.8. The summed E-state index contributed by atoms with van der Waals surface area (Å²) in [5.74, 6) is 0.233. The van der Waals surface area contributed by atoms with Crippen LogP contribution < -0.4 is 5.32 Å². The van der Waals surface area contributed by atoms with Gasteiger partial charge in [0, 0.05) is 19.8 Å². The summed E-state index contributed by atoms with van der Waals surface area (Å²) in [6.07, 6.45) is 17.5. The lowest BCUT2D eigenvalue weighted by molar-refractivity contribution is -0.120. The van der Waals surface area contributed by atoms with Gasteiger partial charge in [0.25, 0.3) is 0 Å². The number of amides is 1. The number of unbranched alkanes of at least 4 members (excludes halogenated alkanes) is 11. The molecule has 0 saturated heterocycles. The molecule has 0 aliphatic rings. The maximum Gasteiger partial charge on any atom is 0.224 e. The van der Waals surface area contributed by atoms with E-state index in [-0.39, 0.29) is 11.7 Å². The van der Waals surface area contributed by atoms with Gasteiger partial charge in [0.15, 0.2) is 0 Å². The van der Waals surface area contributed by atoms with E-state index < -0.39 is 0 Å². The van der Waals surface area contributed by atoms with Crippen LogP contribution in [0.1, 0.15) is 96.0 Å². The third-order valence-corrected chi connectivity index (χ3v) is 5.23. The predicted octanol–water partition coefficient (Wildman–Crippen LogP) is 6.16. The number of phenols is 1. The van der Waals surface area contributed by atoms with Crippen LogP contribution in [0.3, 0.4) is 0 Å². The van der Waals surface area contributed by atoms with E-state index in [0.717, 1.165) is 25.0 Å². The molecule has 166 valence electrons. The Morgan fingerprint density at radius 3 is 1.90 bits per heavy atom. The van der Waals surface area contributed by atoms with Gasteiger partial charge in [-0.25, -0.2) is 0 Å². The molecule has 4 heteroatoms. The van der Waals surface area contributed by atoms with Crippen LogP contribution >= 0.6 is 0 Å². The molecule has 0 radical (unpaired) electrons. The molecule has 0 aliphatic heterocycles. The number of carbonyl (C=O) groups is 1. The number of hydrogen-bond donors (Lipinski definition) is 2. The van der Waals surface area contributed by atoms with Crippen LogP contribution in [0.5, 0.6) is 5.75 Å². The van der Waals surface area contributed by atoms with Crippen molar-refractivity contribution in [1.82, 2.24) is 5.32 Å². The Labute approximate surface area is 178 Å². The molecule has 0 bridgehead atoms. The second kappa shape index (κ2) is 18.5. The van der Waals surface area contributed by atoms with Crippen molar-refractivity contribution >= 4 is 5.91 Å². The van der Waals surface area contributed by atoms with Crippen molar-refractivity contribution in [1.29, 1.82) is 0 Å². The first-order valence-electron chi connectivity index (χ1n) is 11.8. The van der Waals surface area contributed by atoms with E-state index >= 15 is 0 Å². The summed E-state index contributed by atoms with van der Waals surface area (Å²) in [4.78, 5) is 11.8. The molecule has 0 spiro atoms. The van der Waals surface area contributed by atoms with E-state index in [1.165, 1.54) is 70.6 Å². The zero-order valence-corrected chi connectivity index (χ0v) is 18.6. The number of nitrogens with one attached hydrogen (secondary N) is 1. The maximum absolute atomic E-state index is 11.8. The monoisotopic (exact) mass is 405 g/mol. The molecule has 0 heterocycles. The molecule has 1 amide bonds. The molecule has 0 fully saturated rings. The maximum atomic E-state index is 11.8. The number of ether oxygens (including phenoxy) is 1. The van der Waals surface area contributed by atoms with Gasteiger partial charge in [0.1, 0.15) is 5.75 Å². The van der Waals surface area contributed by atoms with Gasteiger partial charge in [0.2, 0.25) is 5.91 Å². The minimum atomic E-state index is 0.0108. The van der Waals surface area contributed by atoms with Crippen molar-refractivity contribution in [2.24, 2.45) is 0 Å². The number of rotatable bonds is 19. The Hall–Kier alpha value is -1.55. The van der Waals surface area contributed by atoms with E-state index in [2.05, 4.69) is 12.2 Å². The number of carbonyl (C=O) groups excluding carboxylic acids is 1. The second-order valence-corrected chi connectivity index (χ2v) is 8.05. The molecule has 0 unspecified atom stereocenters. The van der Waals surface area contributed by atoms with E-state index in [4.69, 9.17) is 4.74 Å². The third-order valence-electron chi connectivity index (χ3n) is 5.23. The Morgan fingerprint density at radius 2 is 1.31 bits per heavy atom. The van der Waals surface area contributed by atoms with Crippen LogP contribution in [-0.4, -0.2) is 30.8 Å². The van der Waals surface area contributed by atoms with Crippen molar-refractivity contribution in [3.63, 3.8) is 0 Å². The quantitative estimate of drug-likeness (QED) is 0.271. The summed E-state index contributed by atoms with van der Waals surface area (Å²) >= 11 is 0. The molecular formula is C25H43NO3. The van der Waals surface area contributed by atoms with E-state index in [1.807, 2.05) is 0 Å². The topological polar surface area (TPSA) is 58.6 Å². The predicted molar refractivity (Wildman–Crippen MR) is 121 cm³/mol. The molecule has 29 heavy (non-hydrogen) atoms. The molecule has 1 aromatic rings. The number of aromatic hydroxyl groups is 1. The molecule has 0 aliphatic carbocycles. The molecule has 1 rings (SSSR count). The molecular weight excluding hydrogens is 362 g/mol. The number of hydrogen-bond acceptors (Lipinski definition) is 3. The van der Waals surface area contributed by atoms with Gasteiger partial charge in [-0.1, -0.05) is 89.7 Å².